The number of hydrogen-bond acceptors (Lipinski definition) is 3. The molecule has 0 fully saturated rings. The highest BCUT2D eigenvalue weighted by atomic mass is 16.5. The molecule has 4 aromatic carbocycles. The summed E-state index contributed by atoms with van der Waals surface area (Å²) in [4.78, 5) is 11.9. The quantitative estimate of drug-likeness (QED) is 0.355. The first-order chi connectivity index (χ1) is 15.5. The van der Waals surface area contributed by atoms with Gasteiger partial charge in [-0.25, -0.2) is 4.79 Å². The van der Waals surface area contributed by atoms with E-state index >= 15 is 0 Å². The van der Waals surface area contributed by atoms with Gasteiger partial charge in [-0.2, -0.15) is 0 Å². The predicted octanol–water partition coefficient (Wildman–Crippen LogP) is 6.62. The highest BCUT2D eigenvalue weighted by molar-refractivity contribution is 5.99. The lowest BCUT2D eigenvalue weighted by Gasteiger charge is -2.13. The normalized spacial score (nSPS) is 11.2. The van der Waals surface area contributed by atoms with Crippen LogP contribution in [0.1, 0.15) is 35.3 Å². The second-order valence-corrected chi connectivity index (χ2v) is 8.60. The van der Waals surface area contributed by atoms with Crippen molar-refractivity contribution in [2.24, 2.45) is 11.7 Å². The molecule has 0 spiro atoms. The topological polar surface area (TPSA) is 52.3 Å². The average molecular weight is 424 g/mol. The Morgan fingerprint density at radius 3 is 2.31 bits per heavy atom. The van der Waals surface area contributed by atoms with Gasteiger partial charge >= 0.3 is 5.97 Å². The molecule has 32 heavy (non-hydrogen) atoms. The summed E-state index contributed by atoms with van der Waals surface area (Å²) in [5, 5.41) is 2.39. The van der Waals surface area contributed by atoms with Crippen LogP contribution in [-0.4, -0.2) is 13.1 Å². The number of fused-ring (bicyclic) bond motifs is 1. The standard InChI is InChI=1S/C29H29NO2/c1-19(2)15-20-7-9-21(10-8-20)27-6-4-5-22-16-23(11-14-28(22)27)26-13-12-24(29(31)32-3)17-25(26)18-30/h4-14,16-17,19H,15,18,30H2,1-3H3. The molecule has 0 amide bonds. The maximum absolute atomic E-state index is 11.9. The van der Waals surface area contributed by atoms with Crippen LogP contribution in [0.2, 0.25) is 0 Å². The van der Waals surface area contributed by atoms with E-state index in [-0.39, 0.29) is 5.97 Å². The maximum atomic E-state index is 11.9. The fourth-order valence-electron chi connectivity index (χ4n) is 4.28. The van der Waals surface area contributed by atoms with Gasteiger partial charge in [-0.3, -0.25) is 0 Å². The SMILES string of the molecule is COC(=O)c1ccc(-c2ccc3c(-c4ccc(CC(C)C)cc4)cccc3c2)c(CN)c1. The van der Waals surface area contributed by atoms with Gasteiger partial charge in [-0.1, -0.05) is 74.5 Å². The lowest BCUT2D eigenvalue weighted by atomic mass is 9.92. The Balaban J connectivity index is 1.73. The van der Waals surface area contributed by atoms with Crippen molar-refractivity contribution >= 4 is 16.7 Å². The van der Waals surface area contributed by atoms with Crippen LogP contribution in [0, 0.1) is 5.92 Å². The fraction of sp³-hybridized carbons (Fsp3) is 0.207. The molecule has 0 saturated heterocycles. The number of esters is 1. The van der Waals surface area contributed by atoms with Crippen LogP contribution in [0.4, 0.5) is 0 Å². The number of rotatable bonds is 6. The van der Waals surface area contributed by atoms with Crippen molar-refractivity contribution in [2.75, 3.05) is 7.11 Å². The highest BCUT2D eigenvalue weighted by Crippen LogP contribution is 2.33. The number of nitrogens with two attached hydrogens (primary N) is 1. The van der Waals surface area contributed by atoms with E-state index in [1.807, 2.05) is 12.1 Å². The molecule has 0 aliphatic rings. The molecule has 0 heterocycles. The Morgan fingerprint density at radius 1 is 0.875 bits per heavy atom. The Hall–Kier alpha value is -3.43. The smallest absolute Gasteiger partial charge is 0.337 e. The first kappa shape index (κ1) is 21.8. The number of methoxy groups -OCH3 is 1. The van der Waals surface area contributed by atoms with Crippen LogP contribution in [-0.2, 0) is 17.7 Å². The number of ether oxygens (including phenoxy) is 1. The van der Waals surface area contributed by atoms with Gasteiger partial charge in [0.05, 0.1) is 12.7 Å². The van der Waals surface area contributed by atoms with E-state index in [0.717, 1.165) is 23.1 Å². The molecule has 3 heteroatoms. The largest absolute Gasteiger partial charge is 0.465 e. The minimum absolute atomic E-state index is 0.348. The van der Waals surface area contributed by atoms with E-state index in [9.17, 15) is 4.79 Å². The first-order valence-corrected chi connectivity index (χ1v) is 11.0. The van der Waals surface area contributed by atoms with Gasteiger partial charge in [0.2, 0.25) is 0 Å². The monoisotopic (exact) mass is 423 g/mol. The molecule has 4 aromatic rings. The molecule has 0 atom stereocenters. The van der Waals surface area contributed by atoms with Crippen LogP contribution in [0.15, 0.2) is 78.9 Å². The molecule has 4 rings (SSSR count). The Kier molecular flexibility index (Phi) is 6.38. The van der Waals surface area contributed by atoms with Crippen molar-refractivity contribution in [3.8, 4) is 22.3 Å². The lowest BCUT2D eigenvalue weighted by Crippen LogP contribution is -2.05. The van der Waals surface area contributed by atoms with E-state index in [4.69, 9.17) is 10.5 Å². The number of carbonyl (C=O) groups excluding carboxylic acids is 1. The first-order valence-electron chi connectivity index (χ1n) is 11.0. The van der Waals surface area contributed by atoms with Gasteiger partial charge in [0.25, 0.3) is 0 Å². The summed E-state index contributed by atoms with van der Waals surface area (Å²) in [7, 11) is 1.39. The van der Waals surface area contributed by atoms with Crippen molar-refractivity contribution in [2.45, 2.75) is 26.8 Å². The summed E-state index contributed by atoms with van der Waals surface area (Å²) in [5.41, 5.74) is 13.4. The van der Waals surface area contributed by atoms with E-state index in [1.165, 1.54) is 34.6 Å². The Bertz CT molecular complexity index is 1260. The molecular weight excluding hydrogens is 394 g/mol. The van der Waals surface area contributed by atoms with Gasteiger partial charge in [-0.15, -0.1) is 0 Å². The summed E-state index contributed by atoms with van der Waals surface area (Å²) >= 11 is 0. The molecule has 0 bridgehead atoms. The van der Waals surface area contributed by atoms with Gasteiger partial charge in [0.15, 0.2) is 0 Å². The van der Waals surface area contributed by atoms with E-state index in [2.05, 4.69) is 74.5 Å². The molecule has 0 aliphatic heterocycles. The minimum atomic E-state index is -0.353. The van der Waals surface area contributed by atoms with Gasteiger partial charge < -0.3 is 10.5 Å². The molecule has 3 nitrogen and oxygen atoms in total. The minimum Gasteiger partial charge on any atom is -0.465 e. The van der Waals surface area contributed by atoms with Crippen molar-refractivity contribution < 1.29 is 9.53 Å². The second kappa shape index (κ2) is 9.37. The summed E-state index contributed by atoms with van der Waals surface area (Å²) < 4.78 is 4.84. The fourth-order valence-corrected chi connectivity index (χ4v) is 4.28. The molecule has 0 aliphatic carbocycles. The Labute approximate surface area is 189 Å². The number of hydrogen-bond donors (Lipinski definition) is 1. The lowest BCUT2D eigenvalue weighted by molar-refractivity contribution is 0.0600. The summed E-state index contributed by atoms with van der Waals surface area (Å²) in [6.07, 6.45) is 1.09. The maximum Gasteiger partial charge on any atom is 0.337 e. The molecular formula is C29H29NO2. The third kappa shape index (κ3) is 4.44. The average Bonchev–Trinajstić information content (AvgIpc) is 2.82. The highest BCUT2D eigenvalue weighted by Gasteiger charge is 2.12. The molecule has 2 N–H and O–H groups in total. The Morgan fingerprint density at radius 2 is 1.62 bits per heavy atom. The summed E-state index contributed by atoms with van der Waals surface area (Å²) in [6, 6.07) is 27.4. The summed E-state index contributed by atoms with van der Waals surface area (Å²) in [5.74, 6) is 0.297. The summed E-state index contributed by atoms with van der Waals surface area (Å²) in [6.45, 7) is 4.84. The van der Waals surface area contributed by atoms with Crippen LogP contribution in [0.25, 0.3) is 33.0 Å². The number of benzene rings is 4. The predicted molar refractivity (Wildman–Crippen MR) is 133 cm³/mol. The van der Waals surface area contributed by atoms with E-state index < -0.39 is 0 Å². The zero-order chi connectivity index (χ0) is 22.7. The van der Waals surface area contributed by atoms with Crippen LogP contribution < -0.4 is 5.73 Å². The molecule has 0 saturated carbocycles. The molecule has 162 valence electrons. The van der Waals surface area contributed by atoms with Crippen LogP contribution in [0.3, 0.4) is 0 Å². The third-order valence-electron chi connectivity index (χ3n) is 5.85. The van der Waals surface area contributed by atoms with E-state index in [1.54, 1.807) is 6.07 Å². The van der Waals surface area contributed by atoms with Crippen molar-refractivity contribution in [1.82, 2.24) is 0 Å². The second-order valence-electron chi connectivity index (χ2n) is 8.60. The van der Waals surface area contributed by atoms with Gasteiger partial charge in [-0.05, 0) is 74.7 Å². The van der Waals surface area contributed by atoms with Crippen LogP contribution >= 0.6 is 0 Å². The van der Waals surface area contributed by atoms with Crippen molar-refractivity contribution in [3.05, 3.63) is 95.6 Å². The van der Waals surface area contributed by atoms with E-state index in [0.29, 0.717) is 18.0 Å². The number of carbonyl (C=O) groups is 1. The van der Waals surface area contributed by atoms with Crippen molar-refractivity contribution in [3.63, 3.8) is 0 Å². The zero-order valence-corrected chi connectivity index (χ0v) is 18.9. The third-order valence-corrected chi connectivity index (χ3v) is 5.85. The molecule has 0 aromatic heterocycles. The molecule has 0 radical (unpaired) electrons. The van der Waals surface area contributed by atoms with Crippen molar-refractivity contribution in [1.29, 1.82) is 0 Å². The van der Waals surface area contributed by atoms with Gasteiger partial charge in [0, 0.05) is 6.54 Å². The van der Waals surface area contributed by atoms with Gasteiger partial charge in [0.1, 0.15) is 0 Å². The molecule has 0 unspecified atom stereocenters. The van der Waals surface area contributed by atoms with Crippen LogP contribution in [0.5, 0.6) is 0 Å². The zero-order valence-electron chi connectivity index (χ0n) is 18.9.